The molecule has 2 amide bonds. The van der Waals surface area contributed by atoms with Crippen molar-refractivity contribution in [2.45, 2.75) is 51.6 Å². The van der Waals surface area contributed by atoms with E-state index in [-0.39, 0.29) is 12.3 Å². The molecule has 1 aliphatic heterocycles. The van der Waals surface area contributed by atoms with Crippen LogP contribution in [-0.4, -0.2) is 45.5 Å². The smallest absolute Gasteiger partial charge is 0.408 e. The number of rotatable bonds is 4. The highest BCUT2D eigenvalue weighted by molar-refractivity contribution is 6.31. The van der Waals surface area contributed by atoms with Crippen LogP contribution in [0.1, 0.15) is 51.6 Å². The number of likely N-dealkylation sites (tertiary alicyclic amines) is 1. The van der Waals surface area contributed by atoms with Crippen LogP contribution in [-0.2, 0) is 4.79 Å². The zero-order valence-corrected chi connectivity index (χ0v) is 15.2. The van der Waals surface area contributed by atoms with Gasteiger partial charge < -0.3 is 10.0 Å². The van der Waals surface area contributed by atoms with Gasteiger partial charge in [-0.25, -0.2) is 4.79 Å². The molecule has 0 aliphatic carbocycles. The first-order valence-corrected chi connectivity index (χ1v) is 8.64. The SMILES string of the molecule is CC(C)(C)N(C(=O)O)C(CC(=O)N1CCCC1)c1ccccc1Cl. The Hall–Kier alpha value is -1.75. The van der Waals surface area contributed by atoms with Gasteiger partial charge in [0.1, 0.15) is 0 Å². The van der Waals surface area contributed by atoms with Crippen LogP contribution in [0, 0.1) is 0 Å². The highest BCUT2D eigenvalue weighted by atomic mass is 35.5. The Morgan fingerprint density at radius 1 is 1.25 bits per heavy atom. The molecule has 1 atom stereocenters. The van der Waals surface area contributed by atoms with E-state index in [2.05, 4.69) is 0 Å². The van der Waals surface area contributed by atoms with E-state index in [1.54, 1.807) is 18.2 Å². The quantitative estimate of drug-likeness (QED) is 0.884. The first-order valence-electron chi connectivity index (χ1n) is 8.26. The van der Waals surface area contributed by atoms with Crippen LogP contribution in [0.4, 0.5) is 4.79 Å². The van der Waals surface area contributed by atoms with Crippen molar-refractivity contribution in [3.63, 3.8) is 0 Å². The summed E-state index contributed by atoms with van der Waals surface area (Å²) in [6.45, 7) is 6.97. The van der Waals surface area contributed by atoms with Crippen molar-refractivity contribution < 1.29 is 14.7 Å². The molecule has 1 saturated heterocycles. The van der Waals surface area contributed by atoms with Crippen LogP contribution in [0.5, 0.6) is 0 Å². The molecule has 132 valence electrons. The summed E-state index contributed by atoms with van der Waals surface area (Å²) in [5, 5.41) is 10.2. The molecule has 6 heteroatoms. The van der Waals surface area contributed by atoms with Crippen molar-refractivity contribution in [3.05, 3.63) is 34.9 Å². The van der Waals surface area contributed by atoms with Crippen molar-refractivity contribution in [2.75, 3.05) is 13.1 Å². The first-order chi connectivity index (χ1) is 11.2. The number of amides is 2. The average molecular weight is 353 g/mol. The molecule has 1 aromatic carbocycles. The highest BCUT2D eigenvalue weighted by Crippen LogP contribution is 2.35. The zero-order valence-electron chi connectivity index (χ0n) is 14.5. The second-order valence-corrected chi connectivity index (χ2v) is 7.56. The van der Waals surface area contributed by atoms with Gasteiger partial charge in [0, 0.05) is 23.7 Å². The van der Waals surface area contributed by atoms with Crippen molar-refractivity contribution >= 4 is 23.6 Å². The molecule has 2 rings (SSSR count). The van der Waals surface area contributed by atoms with Gasteiger partial charge in [-0.3, -0.25) is 9.69 Å². The minimum atomic E-state index is -1.05. The maximum Gasteiger partial charge on any atom is 0.408 e. The van der Waals surface area contributed by atoms with Gasteiger partial charge in [0.05, 0.1) is 12.5 Å². The molecule has 1 heterocycles. The Bertz CT molecular complexity index is 607. The molecule has 0 spiro atoms. The Morgan fingerprint density at radius 3 is 2.33 bits per heavy atom. The Balaban J connectivity index is 2.39. The molecule has 24 heavy (non-hydrogen) atoms. The number of carbonyl (C=O) groups excluding carboxylic acids is 1. The normalized spacial score (nSPS) is 16.1. The predicted molar refractivity (Wildman–Crippen MR) is 94.2 cm³/mol. The lowest BCUT2D eigenvalue weighted by Gasteiger charge is -2.40. The molecule has 1 N–H and O–H groups in total. The summed E-state index contributed by atoms with van der Waals surface area (Å²) in [4.78, 5) is 27.7. The summed E-state index contributed by atoms with van der Waals surface area (Å²) < 4.78 is 0. The predicted octanol–water partition coefficient (Wildman–Crippen LogP) is 4.17. The third-order valence-corrected chi connectivity index (χ3v) is 4.68. The number of benzene rings is 1. The van der Waals surface area contributed by atoms with E-state index >= 15 is 0 Å². The summed E-state index contributed by atoms with van der Waals surface area (Å²) in [6, 6.07) is 6.54. The van der Waals surface area contributed by atoms with Crippen molar-refractivity contribution in [1.82, 2.24) is 9.80 Å². The second-order valence-electron chi connectivity index (χ2n) is 7.15. The van der Waals surface area contributed by atoms with Gasteiger partial charge in [0.25, 0.3) is 0 Å². The maximum absolute atomic E-state index is 12.7. The first kappa shape index (κ1) is 18.6. The number of hydrogen-bond acceptors (Lipinski definition) is 2. The summed E-state index contributed by atoms with van der Waals surface area (Å²) in [7, 11) is 0. The van der Waals surface area contributed by atoms with Gasteiger partial charge in [-0.05, 0) is 45.2 Å². The van der Waals surface area contributed by atoms with E-state index in [1.807, 2.05) is 31.7 Å². The number of carbonyl (C=O) groups is 2. The third kappa shape index (κ3) is 4.20. The minimum absolute atomic E-state index is 0.0204. The van der Waals surface area contributed by atoms with E-state index < -0.39 is 17.7 Å². The number of hydrogen-bond donors (Lipinski definition) is 1. The highest BCUT2D eigenvalue weighted by Gasteiger charge is 2.37. The molecule has 0 saturated carbocycles. The molecule has 1 fully saturated rings. The lowest BCUT2D eigenvalue weighted by atomic mass is 9.95. The molecule has 1 unspecified atom stereocenters. The molecule has 1 aromatic rings. The zero-order chi connectivity index (χ0) is 17.9. The van der Waals surface area contributed by atoms with Crippen molar-refractivity contribution in [3.8, 4) is 0 Å². The lowest BCUT2D eigenvalue weighted by molar-refractivity contribution is -0.131. The third-order valence-electron chi connectivity index (χ3n) is 4.33. The molecular weight excluding hydrogens is 328 g/mol. The van der Waals surface area contributed by atoms with E-state index in [9.17, 15) is 14.7 Å². The maximum atomic E-state index is 12.7. The van der Waals surface area contributed by atoms with Crippen LogP contribution >= 0.6 is 11.6 Å². The number of halogens is 1. The van der Waals surface area contributed by atoms with Gasteiger partial charge in [0.2, 0.25) is 5.91 Å². The van der Waals surface area contributed by atoms with E-state index in [0.29, 0.717) is 10.6 Å². The Kier molecular flexibility index (Phi) is 5.75. The van der Waals surface area contributed by atoms with Crippen LogP contribution in [0.15, 0.2) is 24.3 Å². The fourth-order valence-corrected chi connectivity index (χ4v) is 3.50. The number of nitrogens with zero attached hydrogens (tertiary/aromatic N) is 2. The average Bonchev–Trinajstić information content (AvgIpc) is 2.99. The fraction of sp³-hybridized carbons (Fsp3) is 0.556. The standard InChI is InChI=1S/C18H25ClN2O3/c1-18(2,3)21(17(23)24)15(13-8-4-5-9-14(13)19)12-16(22)20-10-6-7-11-20/h4-5,8-9,15H,6-7,10-12H2,1-3H3,(H,23,24). The molecule has 0 aromatic heterocycles. The topological polar surface area (TPSA) is 60.9 Å². The second kappa shape index (κ2) is 7.43. The van der Waals surface area contributed by atoms with E-state index in [0.717, 1.165) is 25.9 Å². The van der Waals surface area contributed by atoms with Gasteiger partial charge in [-0.2, -0.15) is 0 Å². The van der Waals surface area contributed by atoms with Gasteiger partial charge in [-0.1, -0.05) is 29.8 Å². The Labute approximate surface area is 148 Å². The lowest BCUT2D eigenvalue weighted by Crippen LogP contribution is -2.48. The van der Waals surface area contributed by atoms with Crippen molar-refractivity contribution in [2.24, 2.45) is 0 Å². The molecule has 5 nitrogen and oxygen atoms in total. The Morgan fingerprint density at radius 2 is 1.83 bits per heavy atom. The van der Waals surface area contributed by atoms with E-state index in [1.165, 1.54) is 4.90 Å². The minimum Gasteiger partial charge on any atom is -0.465 e. The molecule has 0 radical (unpaired) electrons. The largest absolute Gasteiger partial charge is 0.465 e. The van der Waals surface area contributed by atoms with Gasteiger partial charge >= 0.3 is 6.09 Å². The molecule has 0 bridgehead atoms. The van der Waals surface area contributed by atoms with Crippen LogP contribution in [0.2, 0.25) is 5.02 Å². The van der Waals surface area contributed by atoms with E-state index in [4.69, 9.17) is 11.6 Å². The number of carboxylic acid groups (broad SMARTS) is 1. The monoisotopic (exact) mass is 352 g/mol. The van der Waals surface area contributed by atoms with Crippen LogP contribution in [0.25, 0.3) is 0 Å². The van der Waals surface area contributed by atoms with Gasteiger partial charge in [0.15, 0.2) is 0 Å². The molecule has 1 aliphatic rings. The summed E-state index contributed by atoms with van der Waals surface area (Å²) in [6.07, 6.45) is 1.06. The summed E-state index contributed by atoms with van der Waals surface area (Å²) in [5.41, 5.74) is 0.0186. The summed E-state index contributed by atoms with van der Waals surface area (Å²) in [5.74, 6) is -0.0204. The van der Waals surface area contributed by atoms with Crippen LogP contribution < -0.4 is 0 Å². The van der Waals surface area contributed by atoms with Gasteiger partial charge in [-0.15, -0.1) is 0 Å². The van der Waals surface area contributed by atoms with Crippen LogP contribution in [0.3, 0.4) is 0 Å². The van der Waals surface area contributed by atoms with Crippen molar-refractivity contribution in [1.29, 1.82) is 0 Å². The fourth-order valence-electron chi connectivity index (χ4n) is 3.23. The summed E-state index contributed by atoms with van der Waals surface area (Å²) >= 11 is 6.32. The molecular formula is C18H25ClN2O3.